The number of fused-ring (bicyclic) bond motifs is 2. The Morgan fingerprint density at radius 1 is 0.775 bits per heavy atom. The maximum atomic E-state index is 14.6. The van der Waals surface area contributed by atoms with Crippen LogP contribution in [-0.2, 0) is 13.1 Å². The Balaban J connectivity index is 1.21. The van der Waals surface area contributed by atoms with Crippen LogP contribution in [-0.4, -0.2) is 35.1 Å². The lowest BCUT2D eigenvalue weighted by Gasteiger charge is -2.07. The van der Waals surface area contributed by atoms with Gasteiger partial charge in [0.15, 0.2) is 5.82 Å². The topological polar surface area (TPSA) is 108 Å². The summed E-state index contributed by atoms with van der Waals surface area (Å²) in [5, 5.41) is 11.9. The first-order chi connectivity index (χ1) is 19.7. The smallest absolute Gasteiger partial charge is 0.159 e. The lowest BCUT2D eigenvalue weighted by atomic mass is 10.1. The third-order valence-corrected chi connectivity index (χ3v) is 6.79. The Labute approximate surface area is 228 Å². The molecule has 40 heavy (non-hydrogen) atoms. The summed E-state index contributed by atoms with van der Waals surface area (Å²) in [4.78, 5) is 21.6. The third kappa shape index (κ3) is 4.48. The molecular formula is C31H23FN8. The summed E-state index contributed by atoms with van der Waals surface area (Å²) < 4.78 is 14.6. The molecule has 0 atom stereocenters. The van der Waals surface area contributed by atoms with Gasteiger partial charge >= 0.3 is 0 Å². The number of hydrogen-bond donors (Lipinski definition) is 3. The SMILES string of the molecule is Fc1ccccc1-c1nccc2[nH]c(-c3n[nH]c4cnc(-c5cncc(CNCc6ccccc6)c5)cc34)nc12. The standard InChI is InChI=1S/C31H23FN8/c32-24-9-5-4-8-22(24)28-30-25(10-11-35-28)37-31(38-30)29-23-13-26(36-18-27(23)39-40-29)21-12-20(16-34-17-21)15-33-14-19-6-2-1-3-7-19/h1-13,16-18,33H,14-15H2,(H,37,38)(H,39,40). The lowest BCUT2D eigenvalue weighted by molar-refractivity contribution is 0.631. The fourth-order valence-corrected chi connectivity index (χ4v) is 4.82. The quantitative estimate of drug-likeness (QED) is 0.233. The molecule has 9 heteroatoms. The van der Waals surface area contributed by atoms with Gasteiger partial charge in [-0.3, -0.25) is 20.1 Å². The van der Waals surface area contributed by atoms with E-state index in [-0.39, 0.29) is 5.82 Å². The Kier molecular flexibility index (Phi) is 6.02. The van der Waals surface area contributed by atoms with E-state index in [1.165, 1.54) is 11.6 Å². The normalized spacial score (nSPS) is 11.4. The second kappa shape index (κ2) is 10.1. The molecule has 0 aliphatic heterocycles. The number of imidazole rings is 1. The number of H-pyrrole nitrogens is 2. The maximum Gasteiger partial charge on any atom is 0.159 e. The lowest BCUT2D eigenvalue weighted by Crippen LogP contribution is -2.12. The third-order valence-electron chi connectivity index (χ3n) is 6.79. The summed E-state index contributed by atoms with van der Waals surface area (Å²) in [7, 11) is 0. The molecule has 0 amide bonds. The van der Waals surface area contributed by atoms with Crippen LogP contribution in [0.3, 0.4) is 0 Å². The predicted octanol–water partition coefficient (Wildman–Crippen LogP) is 6.05. The van der Waals surface area contributed by atoms with Crippen molar-refractivity contribution >= 4 is 21.9 Å². The average molecular weight is 527 g/mol. The minimum absolute atomic E-state index is 0.348. The second-order valence-corrected chi connectivity index (χ2v) is 9.48. The number of aromatic amines is 2. The van der Waals surface area contributed by atoms with Gasteiger partial charge in [0, 0.05) is 48.2 Å². The minimum Gasteiger partial charge on any atom is -0.336 e. The summed E-state index contributed by atoms with van der Waals surface area (Å²) in [6, 6.07) is 22.7. The van der Waals surface area contributed by atoms with Crippen LogP contribution in [0.4, 0.5) is 4.39 Å². The number of nitrogens with one attached hydrogen (secondary N) is 3. The zero-order chi connectivity index (χ0) is 26.9. The van der Waals surface area contributed by atoms with Crippen molar-refractivity contribution in [3.05, 3.63) is 115 Å². The molecule has 7 rings (SSSR count). The number of pyridine rings is 3. The number of nitrogens with zero attached hydrogens (tertiary/aromatic N) is 5. The van der Waals surface area contributed by atoms with Crippen molar-refractivity contribution in [3.63, 3.8) is 0 Å². The summed E-state index contributed by atoms with van der Waals surface area (Å²) in [6.07, 6.45) is 7.07. The van der Waals surface area contributed by atoms with Crippen LogP contribution in [0.5, 0.6) is 0 Å². The van der Waals surface area contributed by atoms with E-state index in [9.17, 15) is 4.39 Å². The van der Waals surface area contributed by atoms with Gasteiger partial charge in [0.25, 0.3) is 0 Å². The molecule has 194 valence electrons. The molecule has 0 aliphatic rings. The van der Waals surface area contributed by atoms with Crippen LogP contribution in [0.1, 0.15) is 11.1 Å². The molecule has 0 bridgehead atoms. The zero-order valence-corrected chi connectivity index (χ0v) is 21.3. The Hall–Kier alpha value is -5.28. The molecule has 5 heterocycles. The van der Waals surface area contributed by atoms with E-state index in [1.54, 1.807) is 30.6 Å². The monoisotopic (exact) mass is 526 g/mol. The Bertz CT molecular complexity index is 1960. The number of aromatic nitrogens is 7. The van der Waals surface area contributed by atoms with Crippen molar-refractivity contribution in [3.8, 4) is 34.0 Å². The molecule has 0 saturated heterocycles. The Morgan fingerprint density at radius 2 is 1.62 bits per heavy atom. The van der Waals surface area contributed by atoms with Crippen molar-refractivity contribution in [2.75, 3.05) is 0 Å². The summed E-state index contributed by atoms with van der Waals surface area (Å²) in [5.41, 5.74) is 7.59. The first-order valence-corrected chi connectivity index (χ1v) is 12.9. The van der Waals surface area contributed by atoms with Gasteiger partial charge < -0.3 is 10.3 Å². The highest BCUT2D eigenvalue weighted by Crippen LogP contribution is 2.32. The van der Waals surface area contributed by atoms with Crippen molar-refractivity contribution in [1.29, 1.82) is 0 Å². The number of benzene rings is 2. The Morgan fingerprint density at radius 3 is 2.52 bits per heavy atom. The molecule has 0 fully saturated rings. The van der Waals surface area contributed by atoms with Crippen molar-refractivity contribution in [2.24, 2.45) is 0 Å². The van der Waals surface area contributed by atoms with Crippen LogP contribution in [0.15, 0.2) is 97.6 Å². The average Bonchev–Trinajstić information content (AvgIpc) is 3.62. The first-order valence-electron chi connectivity index (χ1n) is 12.9. The molecule has 7 aromatic rings. The van der Waals surface area contributed by atoms with Crippen molar-refractivity contribution < 1.29 is 4.39 Å². The minimum atomic E-state index is -0.348. The van der Waals surface area contributed by atoms with Crippen LogP contribution in [0.2, 0.25) is 0 Å². The van der Waals surface area contributed by atoms with E-state index in [0.717, 1.165) is 39.8 Å². The van der Waals surface area contributed by atoms with E-state index in [1.807, 2.05) is 42.7 Å². The molecular weight excluding hydrogens is 503 g/mol. The van der Waals surface area contributed by atoms with Gasteiger partial charge in [-0.25, -0.2) is 9.37 Å². The predicted molar refractivity (Wildman–Crippen MR) is 152 cm³/mol. The van der Waals surface area contributed by atoms with Crippen molar-refractivity contribution in [2.45, 2.75) is 13.1 Å². The van der Waals surface area contributed by atoms with Crippen LogP contribution >= 0.6 is 0 Å². The van der Waals surface area contributed by atoms with Crippen LogP contribution < -0.4 is 5.32 Å². The molecule has 8 nitrogen and oxygen atoms in total. The molecule has 0 spiro atoms. The highest BCUT2D eigenvalue weighted by atomic mass is 19.1. The fourth-order valence-electron chi connectivity index (χ4n) is 4.82. The van der Waals surface area contributed by atoms with E-state index in [2.05, 4.69) is 53.6 Å². The summed E-state index contributed by atoms with van der Waals surface area (Å²) >= 11 is 0. The largest absolute Gasteiger partial charge is 0.336 e. The molecule has 0 aliphatic carbocycles. The summed E-state index contributed by atoms with van der Waals surface area (Å²) in [6.45, 7) is 1.46. The molecule has 0 unspecified atom stereocenters. The molecule has 2 aromatic carbocycles. The van der Waals surface area contributed by atoms with E-state index < -0.39 is 0 Å². The molecule has 3 N–H and O–H groups in total. The van der Waals surface area contributed by atoms with Gasteiger partial charge in [0.2, 0.25) is 0 Å². The van der Waals surface area contributed by atoms with Gasteiger partial charge in [-0.15, -0.1) is 0 Å². The van der Waals surface area contributed by atoms with E-state index in [0.29, 0.717) is 34.8 Å². The van der Waals surface area contributed by atoms with Crippen LogP contribution in [0.25, 0.3) is 56.0 Å². The fraction of sp³-hybridized carbons (Fsp3) is 0.0645. The van der Waals surface area contributed by atoms with Crippen molar-refractivity contribution in [1.82, 2.24) is 40.4 Å². The highest BCUT2D eigenvalue weighted by molar-refractivity contribution is 5.96. The molecule has 5 aromatic heterocycles. The molecule has 0 saturated carbocycles. The zero-order valence-electron chi connectivity index (χ0n) is 21.3. The number of hydrogen-bond acceptors (Lipinski definition) is 6. The first kappa shape index (κ1) is 23.8. The van der Waals surface area contributed by atoms with Gasteiger partial charge in [0.05, 0.1) is 22.9 Å². The molecule has 0 radical (unpaired) electrons. The van der Waals surface area contributed by atoms with Gasteiger partial charge in [0.1, 0.15) is 22.7 Å². The van der Waals surface area contributed by atoms with Crippen LogP contribution in [0, 0.1) is 5.82 Å². The number of halogens is 1. The maximum absolute atomic E-state index is 14.6. The second-order valence-electron chi connectivity index (χ2n) is 9.48. The van der Waals surface area contributed by atoms with Gasteiger partial charge in [-0.05, 0) is 41.5 Å². The van der Waals surface area contributed by atoms with Gasteiger partial charge in [-0.2, -0.15) is 5.10 Å². The van der Waals surface area contributed by atoms with Gasteiger partial charge in [-0.1, -0.05) is 42.5 Å². The van der Waals surface area contributed by atoms with E-state index >= 15 is 0 Å². The number of rotatable bonds is 7. The highest BCUT2D eigenvalue weighted by Gasteiger charge is 2.18. The van der Waals surface area contributed by atoms with E-state index in [4.69, 9.17) is 4.98 Å². The summed E-state index contributed by atoms with van der Waals surface area (Å²) in [5.74, 6) is 0.208.